The van der Waals surface area contributed by atoms with Gasteiger partial charge in [0.1, 0.15) is 0 Å². The summed E-state index contributed by atoms with van der Waals surface area (Å²) < 4.78 is 0. The summed E-state index contributed by atoms with van der Waals surface area (Å²) in [6, 6.07) is 0. The van der Waals surface area contributed by atoms with Crippen LogP contribution in [0.1, 0.15) is 18.5 Å². The van der Waals surface area contributed by atoms with E-state index < -0.39 is 55.3 Å². The monoisotopic (exact) mass is 444 g/mol. The van der Waals surface area contributed by atoms with Gasteiger partial charge in [-0.25, -0.2) is 0 Å². The standard InChI is InChI=1S/C10H16N2O8.Fe.4Na.4H/c13-6(14)1-10(2-7(15)16,12-4-9(19)20)5-11-3-8(17)18;;;;;;;;;/h11-12H,1-5H2,(H,13,14)(H,15,16)(H,17,18)(H,19,20);;;;;;;;;/q;;4*+1;4*-1. The van der Waals surface area contributed by atoms with Gasteiger partial charge in [-0.1, -0.05) is 0 Å². The summed E-state index contributed by atoms with van der Waals surface area (Å²) in [6.07, 6.45) is -1.33. The molecule has 6 N–H and O–H groups in total. The Morgan fingerprint density at radius 2 is 1.08 bits per heavy atom. The zero-order valence-electron chi connectivity index (χ0n) is 18.8. The van der Waals surface area contributed by atoms with Crippen molar-refractivity contribution in [1.82, 2.24) is 10.6 Å². The third kappa shape index (κ3) is 24.3. The Kier molecular flexibility index (Phi) is 37.7. The maximum Gasteiger partial charge on any atom is 1.00 e. The number of rotatable bonds is 11. The molecule has 130 valence electrons. The van der Waals surface area contributed by atoms with Gasteiger partial charge in [0.05, 0.1) is 31.5 Å². The molecule has 0 atom stereocenters. The second-order valence-corrected chi connectivity index (χ2v) is 4.17. The summed E-state index contributed by atoms with van der Waals surface area (Å²) in [5.74, 6) is -5.16. The predicted molar refractivity (Wildman–Crippen MR) is 67.8 cm³/mol. The molecule has 0 aromatic heterocycles. The predicted octanol–water partition coefficient (Wildman–Crippen LogP) is -13.5. The number of hydrogen-bond acceptors (Lipinski definition) is 6. The summed E-state index contributed by atoms with van der Waals surface area (Å²) in [5, 5.41) is 39.4. The zero-order valence-corrected chi connectivity index (χ0v) is 23.9. The molecule has 0 unspecified atom stereocenters. The van der Waals surface area contributed by atoms with Crippen LogP contribution in [0.3, 0.4) is 0 Å². The SMILES string of the molecule is O=C(O)CNCC(CC(=O)O)(CC(=O)O)NCC(=O)O.[Fe].[H-].[H-].[H-].[H-].[Na+].[Na+].[Na+].[Na+]. The van der Waals surface area contributed by atoms with Crippen molar-refractivity contribution in [3.63, 3.8) is 0 Å². The first-order valence-corrected chi connectivity index (χ1v) is 5.50. The van der Waals surface area contributed by atoms with Crippen LogP contribution in [0.25, 0.3) is 0 Å². The molecule has 0 aliphatic carbocycles. The molecule has 10 nitrogen and oxygen atoms in total. The molecule has 0 radical (unpaired) electrons. The van der Waals surface area contributed by atoms with Crippen molar-refractivity contribution < 1.29 is 181 Å². The minimum absolute atomic E-state index is 0. The average molecular weight is 444 g/mol. The Morgan fingerprint density at radius 3 is 1.36 bits per heavy atom. The number of carbonyl (C=O) groups is 4. The van der Waals surface area contributed by atoms with Crippen molar-refractivity contribution in [2.24, 2.45) is 0 Å². The van der Waals surface area contributed by atoms with E-state index >= 15 is 0 Å². The van der Waals surface area contributed by atoms with E-state index in [1.165, 1.54) is 0 Å². The topological polar surface area (TPSA) is 173 Å². The van der Waals surface area contributed by atoms with Crippen molar-refractivity contribution in [3.05, 3.63) is 0 Å². The Labute approximate surface area is 249 Å². The molecule has 0 aromatic rings. The van der Waals surface area contributed by atoms with E-state index in [9.17, 15) is 19.2 Å². The third-order valence-electron chi connectivity index (χ3n) is 2.33. The average Bonchev–Trinajstić information content (AvgIpc) is 2.24. The van der Waals surface area contributed by atoms with Crippen LogP contribution in [0.4, 0.5) is 0 Å². The van der Waals surface area contributed by atoms with Crippen LogP contribution in [0, 0.1) is 0 Å². The van der Waals surface area contributed by atoms with Gasteiger partial charge in [-0.15, -0.1) is 0 Å². The second kappa shape index (κ2) is 22.6. The van der Waals surface area contributed by atoms with Crippen LogP contribution < -0.4 is 129 Å². The van der Waals surface area contributed by atoms with Gasteiger partial charge in [0.25, 0.3) is 0 Å². The molecule has 0 aliphatic rings. The Balaban J connectivity index is -0.0000000501. The Hall–Kier alpha value is 2.32. The number of hydrogen-bond donors (Lipinski definition) is 6. The summed E-state index contributed by atoms with van der Waals surface area (Å²) in [7, 11) is 0. The quantitative estimate of drug-likeness (QED) is 0.168. The number of nitrogens with one attached hydrogen (secondary N) is 2. The first-order chi connectivity index (χ1) is 9.17. The van der Waals surface area contributed by atoms with Crippen LogP contribution in [-0.4, -0.2) is 69.5 Å². The molecule has 0 amide bonds. The zero-order chi connectivity index (χ0) is 15.8. The molecule has 0 fully saturated rings. The van der Waals surface area contributed by atoms with Crippen LogP contribution in [0.2, 0.25) is 0 Å². The molecule has 0 heterocycles. The number of carboxylic acid groups (broad SMARTS) is 4. The fourth-order valence-electron chi connectivity index (χ4n) is 1.63. The minimum Gasteiger partial charge on any atom is -1.00 e. The second-order valence-electron chi connectivity index (χ2n) is 4.17. The molecule has 25 heavy (non-hydrogen) atoms. The van der Waals surface area contributed by atoms with Gasteiger partial charge in [-0.3, -0.25) is 24.5 Å². The normalized spacial score (nSPS) is 8.80. The molecule has 0 saturated carbocycles. The Morgan fingerprint density at radius 1 is 0.720 bits per heavy atom. The van der Waals surface area contributed by atoms with E-state index in [4.69, 9.17) is 20.4 Å². The van der Waals surface area contributed by atoms with Crippen LogP contribution in [-0.2, 0) is 36.2 Å². The molecule has 0 rings (SSSR count). The largest absolute Gasteiger partial charge is 1.00 e. The number of aliphatic carboxylic acids is 4. The van der Waals surface area contributed by atoms with E-state index in [2.05, 4.69) is 10.6 Å². The van der Waals surface area contributed by atoms with Gasteiger partial charge in [-0.2, -0.15) is 0 Å². The first-order valence-electron chi connectivity index (χ1n) is 5.50. The van der Waals surface area contributed by atoms with Gasteiger partial charge in [-0.05, 0) is 0 Å². The summed E-state index contributed by atoms with van der Waals surface area (Å²) in [6.45, 7) is -1.46. The molecule has 15 heteroatoms. The number of carboxylic acids is 4. The van der Waals surface area contributed by atoms with Crippen molar-refractivity contribution in [3.8, 4) is 0 Å². The van der Waals surface area contributed by atoms with E-state index in [-0.39, 0.29) is 148 Å². The molecule has 0 spiro atoms. The minimum atomic E-state index is -1.59. The van der Waals surface area contributed by atoms with Crippen molar-refractivity contribution in [1.29, 1.82) is 0 Å². The first kappa shape index (κ1) is 41.6. The van der Waals surface area contributed by atoms with Gasteiger partial charge >= 0.3 is 142 Å². The molecule has 0 aliphatic heterocycles. The summed E-state index contributed by atoms with van der Waals surface area (Å²) in [5.41, 5.74) is -1.59. The Bertz CT molecular complexity index is 417. The maximum absolute atomic E-state index is 10.8. The van der Waals surface area contributed by atoms with Crippen LogP contribution in [0.5, 0.6) is 0 Å². The van der Waals surface area contributed by atoms with Gasteiger partial charge in [0.2, 0.25) is 0 Å². The molecule has 0 saturated heterocycles. The van der Waals surface area contributed by atoms with Gasteiger partial charge in [0, 0.05) is 23.6 Å². The van der Waals surface area contributed by atoms with E-state index in [0.717, 1.165) is 0 Å². The van der Waals surface area contributed by atoms with Gasteiger partial charge in [0.15, 0.2) is 0 Å². The maximum atomic E-state index is 10.8. The smallest absolute Gasteiger partial charge is 1.00 e. The molecular weight excluding hydrogens is 424 g/mol. The molecule has 0 aromatic carbocycles. The van der Waals surface area contributed by atoms with E-state index in [0.29, 0.717) is 0 Å². The van der Waals surface area contributed by atoms with Gasteiger partial charge < -0.3 is 31.4 Å². The van der Waals surface area contributed by atoms with E-state index in [1.807, 2.05) is 0 Å². The third-order valence-corrected chi connectivity index (χ3v) is 2.33. The summed E-state index contributed by atoms with van der Waals surface area (Å²) in [4.78, 5) is 42.5. The van der Waals surface area contributed by atoms with E-state index in [1.54, 1.807) is 0 Å². The summed E-state index contributed by atoms with van der Waals surface area (Å²) >= 11 is 0. The fourth-order valence-corrected chi connectivity index (χ4v) is 1.63. The molecule has 0 bridgehead atoms. The van der Waals surface area contributed by atoms with Crippen molar-refractivity contribution in [2.45, 2.75) is 18.4 Å². The van der Waals surface area contributed by atoms with Crippen molar-refractivity contribution >= 4 is 23.9 Å². The fraction of sp³-hybridized carbons (Fsp3) is 0.600. The molecular formula is C10H20FeN2Na4O8. The van der Waals surface area contributed by atoms with Crippen LogP contribution in [0.15, 0.2) is 0 Å². The van der Waals surface area contributed by atoms with Crippen molar-refractivity contribution in [2.75, 3.05) is 19.6 Å². The van der Waals surface area contributed by atoms with Crippen LogP contribution >= 0.6 is 0 Å².